The van der Waals surface area contributed by atoms with Crippen molar-refractivity contribution in [3.05, 3.63) is 82.9 Å². The first-order valence-electron chi connectivity index (χ1n) is 11.9. The van der Waals surface area contributed by atoms with E-state index in [0.29, 0.717) is 46.0 Å². The lowest BCUT2D eigenvalue weighted by molar-refractivity contribution is -0.139. The smallest absolute Gasteiger partial charge is 0.416 e. The van der Waals surface area contributed by atoms with E-state index in [1.165, 1.54) is 25.2 Å². The molecular formula is C28H27F3N2O5. The second-order valence-corrected chi connectivity index (χ2v) is 8.79. The Morgan fingerprint density at radius 1 is 1.05 bits per heavy atom. The van der Waals surface area contributed by atoms with Gasteiger partial charge in [0.05, 0.1) is 19.8 Å². The van der Waals surface area contributed by atoms with Crippen molar-refractivity contribution in [2.75, 3.05) is 19.5 Å². The Hall–Kier alpha value is -4.21. The van der Waals surface area contributed by atoms with E-state index in [4.69, 9.17) is 14.2 Å². The van der Waals surface area contributed by atoms with Crippen molar-refractivity contribution in [2.24, 2.45) is 0 Å². The molecular weight excluding hydrogens is 501 g/mol. The molecule has 1 N–H and O–H groups in total. The van der Waals surface area contributed by atoms with Crippen molar-refractivity contribution >= 4 is 17.5 Å². The maximum absolute atomic E-state index is 13.2. The number of benzene rings is 3. The van der Waals surface area contributed by atoms with E-state index >= 15 is 0 Å². The van der Waals surface area contributed by atoms with Gasteiger partial charge >= 0.3 is 6.18 Å². The SMILES string of the molecule is CC[C@@H]1Oc2ccc(NC(=O)c3cc(OC)cc(OC)c3)cc2CN(Cc2cccc(C(F)(F)F)c2)C1=O. The molecule has 7 nitrogen and oxygen atoms in total. The van der Waals surface area contributed by atoms with Gasteiger partial charge in [-0.3, -0.25) is 9.59 Å². The quantitative estimate of drug-likeness (QED) is 0.427. The van der Waals surface area contributed by atoms with Gasteiger partial charge in [-0.1, -0.05) is 19.1 Å². The van der Waals surface area contributed by atoms with Gasteiger partial charge in [0, 0.05) is 36.0 Å². The Morgan fingerprint density at radius 3 is 2.39 bits per heavy atom. The fourth-order valence-electron chi connectivity index (χ4n) is 4.19. The number of amides is 2. The van der Waals surface area contributed by atoms with Crippen LogP contribution in [-0.2, 0) is 24.1 Å². The normalized spacial score (nSPS) is 15.3. The van der Waals surface area contributed by atoms with Crippen LogP contribution in [0.4, 0.5) is 18.9 Å². The van der Waals surface area contributed by atoms with Crippen molar-refractivity contribution < 1.29 is 37.0 Å². The predicted molar refractivity (Wildman–Crippen MR) is 134 cm³/mol. The third-order valence-corrected chi connectivity index (χ3v) is 6.15. The second-order valence-electron chi connectivity index (χ2n) is 8.79. The maximum atomic E-state index is 13.2. The van der Waals surface area contributed by atoms with Crippen LogP contribution in [0.25, 0.3) is 0 Å². The van der Waals surface area contributed by atoms with Crippen LogP contribution in [0.3, 0.4) is 0 Å². The molecule has 3 aromatic carbocycles. The highest BCUT2D eigenvalue weighted by Crippen LogP contribution is 2.33. The minimum atomic E-state index is -4.49. The maximum Gasteiger partial charge on any atom is 0.416 e. The molecule has 10 heteroatoms. The number of anilines is 1. The molecule has 200 valence electrons. The first-order chi connectivity index (χ1) is 18.1. The monoisotopic (exact) mass is 528 g/mol. The topological polar surface area (TPSA) is 77.1 Å². The first kappa shape index (κ1) is 26.8. The van der Waals surface area contributed by atoms with Gasteiger partial charge in [-0.2, -0.15) is 13.2 Å². The summed E-state index contributed by atoms with van der Waals surface area (Å²) in [6.07, 6.45) is -4.89. The molecule has 3 aromatic rings. The van der Waals surface area contributed by atoms with E-state index in [1.54, 1.807) is 49.4 Å². The summed E-state index contributed by atoms with van der Waals surface area (Å²) < 4.78 is 56.0. The summed E-state index contributed by atoms with van der Waals surface area (Å²) in [7, 11) is 2.97. The largest absolute Gasteiger partial charge is 0.497 e. The molecule has 1 heterocycles. The Morgan fingerprint density at radius 2 is 1.76 bits per heavy atom. The highest BCUT2D eigenvalue weighted by molar-refractivity contribution is 6.05. The standard InChI is InChI=1S/C28H27F3N2O5/c1-4-24-27(35)33(15-17-6-5-7-20(10-17)28(29,30)31)16-19-11-21(8-9-25(19)38-24)32-26(34)18-12-22(36-2)14-23(13-18)37-3/h5-14,24H,4,15-16H2,1-3H3,(H,32,34)/t24-/m0/s1. The summed E-state index contributed by atoms with van der Waals surface area (Å²) in [5.41, 5.74) is 0.964. The van der Waals surface area contributed by atoms with Crippen LogP contribution in [0.15, 0.2) is 60.7 Å². The van der Waals surface area contributed by atoms with Crippen LogP contribution in [0.2, 0.25) is 0 Å². The third-order valence-electron chi connectivity index (χ3n) is 6.15. The highest BCUT2D eigenvalue weighted by atomic mass is 19.4. The van der Waals surface area contributed by atoms with E-state index in [2.05, 4.69) is 5.32 Å². The van der Waals surface area contributed by atoms with Gasteiger partial charge in [0.2, 0.25) is 0 Å². The van der Waals surface area contributed by atoms with Gasteiger partial charge in [0.1, 0.15) is 17.2 Å². The number of alkyl halides is 3. The molecule has 0 spiro atoms. The highest BCUT2D eigenvalue weighted by Gasteiger charge is 2.32. The van der Waals surface area contributed by atoms with E-state index in [9.17, 15) is 22.8 Å². The molecule has 1 aliphatic heterocycles. The molecule has 0 fully saturated rings. The van der Waals surface area contributed by atoms with E-state index in [1.807, 2.05) is 0 Å². The Kier molecular flexibility index (Phi) is 7.80. The lowest BCUT2D eigenvalue weighted by Gasteiger charge is -2.23. The van der Waals surface area contributed by atoms with E-state index in [0.717, 1.165) is 12.1 Å². The zero-order chi connectivity index (χ0) is 27.4. The zero-order valence-electron chi connectivity index (χ0n) is 21.1. The van der Waals surface area contributed by atoms with Crippen molar-refractivity contribution in [1.82, 2.24) is 4.90 Å². The number of halogens is 3. The molecule has 2 amide bonds. The molecule has 0 saturated heterocycles. The summed E-state index contributed by atoms with van der Waals surface area (Å²) >= 11 is 0. The van der Waals surface area contributed by atoms with E-state index in [-0.39, 0.29) is 19.0 Å². The van der Waals surface area contributed by atoms with Gasteiger partial charge in [0.25, 0.3) is 11.8 Å². The minimum absolute atomic E-state index is 0.0256. The van der Waals surface area contributed by atoms with Crippen LogP contribution in [-0.4, -0.2) is 37.0 Å². The van der Waals surface area contributed by atoms with Gasteiger partial charge in [-0.05, 0) is 54.4 Å². The molecule has 1 atom stereocenters. The number of fused-ring (bicyclic) bond motifs is 1. The predicted octanol–water partition coefficient (Wildman–Crippen LogP) is 5.67. The minimum Gasteiger partial charge on any atom is -0.497 e. The summed E-state index contributed by atoms with van der Waals surface area (Å²) in [6, 6.07) is 14.7. The molecule has 0 unspecified atom stereocenters. The fraction of sp³-hybridized carbons (Fsp3) is 0.286. The summed E-state index contributed by atoms with van der Waals surface area (Å²) in [5.74, 6) is 0.659. The Bertz CT molecular complexity index is 1320. The number of ether oxygens (including phenoxy) is 3. The molecule has 1 aliphatic rings. The third kappa shape index (κ3) is 6.01. The van der Waals surface area contributed by atoms with Crippen molar-refractivity contribution in [1.29, 1.82) is 0 Å². The van der Waals surface area contributed by atoms with Crippen LogP contribution in [0.5, 0.6) is 17.2 Å². The fourth-order valence-corrected chi connectivity index (χ4v) is 4.19. The van der Waals surface area contributed by atoms with Crippen molar-refractivity contribution in [3.63, 3.8) is 0 Å². The van der Waals surface area contributed by atoms with Crippen LogP contribution < -0.4 is 19.5 Å². The van der Waals surface area contributed by atoms with Gasteiger partial charge < -0.3 is 24.4 Å². The van der Waals surface area contributed by atoms with Gasteiger partial charge in [-0.25, -0.2) is 0 Å². The summed E-state index contributed by atoms with van der Waals surface area (Å²) in [5, 5.41) is 2.82. The van der Waals surface area contributed by atoms with Crippen molar-refractivity contribution in [3.8, 4) is 17.2 Å². The number of carbonyl (C=O) groups is 2. The number of nitrogens with zero attached hydrogens (tertiary/aromatic N) is 1. The molecule has 0 saturated carbocycles. The van der Waals surface area contributed by atoms with Crippen LogP contribution in [0.1, 0.15) is 40.4 Å². The first-order valence-corrected chi connectivity index (χ1v) is 11.9. The lowest BCUT2D eigenvalue weighted by Crippen LogP contribution is -2.38. The number of nitrogens with one attached hydrogen (secondary N) is 1. The van der Waals surface area contributed by atoms with Crippen LogP contribution >= 0.6 is 0 Å². The number of carbonyl (C=O) groups excluding carboxylic acids is 2. The Balaban J connectivity index is 1.60. The number of methoxy groups -OCH3 is 2. The molecule has 0 aromatic heterocycles. The number of hydrogen-bond acceptors (Lipinski definition) is 5. The molecule has 4 rings (SSSR count). The average Bonchev–Trinajstić information content (AvgIpc) is 3.03. The average molecular weight is 529 g/mol. The number of hydrogen-bond donors (Lipinski definition) is 1. The Labute approximate surface area is 218 Å². The van der Waals surface area contributed by atoms with E-state index < -0.39 is 23.8 Å². The lowest BCUT2D eigenvalue weighted by atomic mass is 10.1. The molecule has 0 aliphatic carbocycles. The summed E-state index contributed by atoms with van der Waals surface area (Å²) in [4.78, 5) is 27.6. The van der Waals surface area contributed by atoms with Gasteiger partial charge in [-0.15, -0.1) is 0 Å². The summed E-state index contributed by atoms with van der Waals surface area (Å²) in [6.45, 7) is 1.87. The number of rotatable bonds is 7. The molecule has 0 bridgehead atoms. The van der Waals surface area contributed by atoms with Gasteiger partial charge in [0.15, 0.2) is 6.10 Å². The molecule has 0 radical (unpaired) electrons. The zero-order valence-corrected chi connectivity index (χ0v) is 21.1. The van der Waals surface area contributed by atoms with Crippen molar-refractivity contribution in [2.45, 2.75) is 38.7 Å². The molecule has 38 heavy (non-hydrogen) atoms. The second kappa shape index (κ2) is 11.0. The van der Waals surface area contributed by atoms with Crippen LogP contribution in [0, 0.1) is 0 Å².